The normalized spacial score (nSPS) is 14.6. The summed E-state index contributed by atoms with van der Waals surface area (Å²) in [6, 6.07) is 11.4. The molecule has 0 spiro atoms. The van der Waals surface area contributed by atoms with Crippen molar-refractivity contribution in [3.63, 3.8) is 0 Å². The van der Waals surface area contributed by atoms with Crippen molar-refractivity contribution in [1.82, 2.24) is 25.1 Å². The molecular weight excluding hydrogens is 374 g/mol. The zero-order valence-corrected chi connectivity index (χ0v) is 14.8. The van der Waals surface area contributed by atoms with Crippen molar-refractivity contribution in [2.24, 2.45) is 0 Å². The molecule has 5 nitrogen and oxygen atoms in total. The number of hydrogen-bond donors (Lipinski definition) is 0. The maximum absolute atomic E-state index is 13.1. The van der Waals surface area contributed by atoms with Gasteiger partial charge in [-0.1, -0.05) is 12.1 Å². The summed E-state index contributed by atoms with van der Waals surface area (Å²) < 4.78 is 52.9. The van der Waals surface area contributed by atoms with Crippen molar-refractivity contribution < 1.29 is 17.6 Å². The van der Waals surface area contributed by atoms with Crippen LogP contribution < -0.4 is 0 Å². The lowest BCUT2D eigenvalue weighted by Crippen LogP contribution is -2.27. The fourth-order valence-electron chi connectivity index (χ4n) is 3.06. The minimum Gasteiger partial charge on any atom is -0.289 e. The molecule has 1 aliphatic carbocycles. The first-order chi connectivity index (χ1) is 13.4. The highest BCUT2D eigenvalue weighted by atomic mass is 19.4. The highest BCUT2D eigenvalue weighted by Gasteiger charge is 2.31. The molecule has 1 heterocycles. The minimum absolute atomic E-state index is 0.284. The molecule has 2 aromatic carbocycles. The van der Waals surface area contributed by atoms with Crippen LogP contribution in [0.4, 0.5) is 17.6 Å². The van der Waals surface area contributed by atoms with Crippen LogP contribution in [0.15, 0.2) is 48.5 Å². The molecule has 0 unspecified atom stereocenters. The summed E-state index contributed by atoms with van der Waals surface area (Å²) in [6.45, 7) is 1.06. The molecule has 0 atom stereocenters. The Morgan fingerprint density at radius 3 is 2.25 bits per heavy atom. The summed E-state index contributed by atoms with van der Waals surface area (Å²) in [5.41, 5.74) is 0.717. The van der Waals surface area contributed by atoms with E-state index in [0.29, 0.717) is 30.6 Å². The average molecular weight is 391 g/mol. The van der Waals surface area contributed by atoms with Crippen LogP contribution in [0.1, 0.15) is 29.8 Å². The fraction of sp³-hybridized carbons (Fsp3) is 0.316. The van der Waals surface area contributed by atoms with Crippen LogP contribution >= 0.6 is 0 Å². The first-order valence-electron chi connectivity index (χ1n) is 8.83. The van der Waals surface area contributed by atoms with E-state index in [4.69, 9.17) is 0 Å². The number of hydrogen-bond acceptors (Lipinski definition) is 4. The predicted octanol–water partition coefficient (Wildman–Crippen LogP) is 3.98. The van der Waals surface area contributed by atoms with Crippen LogP contribution in [0, 0.1) is 5.82 Å². The van der Waals surface area contributed by atoms with E-state index in [9.17, 15) is 17.6 Å². The monoisotopic (exact) mass is 391 g/mol. The van der Waals surface area contributed by atoms with Gasteiger partial charge >= 0.3 is 6.18 Å². The summed E-state index contributed by atoms with van der Waals surface area (Å²) in [5.74, 6) is 0.252. The third-order valence-electron chi connectivity index (χ3n) is 4.68. The first kappa shape index (κ1) is 18.5. The van der Waals surface area contributed by atoms with Crippen molar-refractivity contribution in [3.05, 3.63) is 71.3 Å². The lowest BCUT2D eigenvalue weighted by Gasteiger charge is -2.21. The maximum Gasteiger partial charge on any atom is 0.416 e. The van der Waals surface area contributed by atoms with E-state index in [1.165, 1.54) is 28.9 Å². The molecule has 0 radical (unpaired) electrons. The van der Waals surface area contributed by atoms with Crippen molar-refractivity contribution in [1.29, 1.82) is 0 Å². The number of rotatable bonds is 6. The Bertz CT molecular complexity index is 930. The molecule has 0 bridgehead atoms. The van der Waals surface area contributed by atoms with Crippen molar-refractivity contribution >= 4 is 0 Å². The summed E-state index contributed by atoms with van der Waals surface area (Å²) in [4.78, 5) is 2.19. The molecule has 0 N–H and O–H groups in total. The summed E-state index contributed by atoms with van der Waals surface area (Å²) in [5, 5.41) is 11.7. The van der Waals surface area contributed by atoms with Crippen LogP contribution in [0.25, 0.3) is 5.69 Å². The van der Waals surface area contributed by atoms with Crippen LogP contribution in [0.2, 0.25) is 0 Å². The molecule has 4 rings (SSSR count). The summed E-state index contributed by atoms with van der Waals surface area (Å²) in [7, 11) is 0. The Labute approximate surface area is 158 Å². The Balaban J connectivity index is 1.53. The third kappa shape index (κ3) is 4.19. The summed E-state index contributed by atoms with van der Waals surface area (Å²) >= 11 is 0. The van der Waals surface area contributed by atoms with Crippen molar-refractivity contribution in [2.75, 3.05) is 0 Å². The van der Waals surface area contributed by atoms with Gasteiger partial charge in [0.2, 0.25) is 0 Å². The lowest BCUT2D eigenvalue weighted by molar-refractivity contribution is -0.137. The number of benzene rings is 2. The second-order valence-corrected chi connectivity index (χ2v) is 6.81. The number of aromatic nitrogens is 4. The van der Waals surface area contributed by atoms with E-state index >= 15 is 0 Å². The smallest absolute Gasteiger partial charge is 0.289 e. The van der Waals surface area contributed by atoms with E-state index in [1.807, 2.05) is 0 Å². The number of nitrogens with zero attached hydrogens (tertiary/aromatic N) is 5. The Morgan fingerprint density at radius 2 is 1.64 bits per heavy atom. The van der Waals surface area contributed by atoms with Gasteiger partial charge in [0.15, 0.2) is 5.82 Å². The van der Waals surface area contributed by atoms with E-state index in [1.54, 1.807) is 12.1 Å². The number of halogens is 4. The highest BCUT2D eigenvalue weighted by molar-refractivity contribution is 5.35. The topological polar surface area (TPSA) is 46.8 Å². The van der Waals surface area contributed by atoms with Gasteiger partial charge in [-0.15, -0.1) is 5.10 Å². The maximum atomic E-state index is 13.1. The van der Waals surface area contributed by atoms with E-state index in [0.717, 1.165) is 30.5 Å². The third-order valence-corrected chi connectivity index (χ3v) is 4.68. The molecule has 1 saturated carbocycles. The molecule has 0 amide bonds. The molecule has 1 fully saturated rings. The molecule has 3 aromatic rings. The van der Waals surface area contributed by atoms with Crippen molar-refractivity contribution in [2.45, 2.75) is 38.1 Å². The Hall–Kier alpha value is -2.81. The molecule has 28 heavy (non-hydrogen) atoms. The zero-order chi connectivity index (χ0) is 19.7. The quantitative estimate of drug-likeness (QED) is 0.597. The molecule has 146 valence electrons. The van der Waals surface area contributed by atoms with Gasteiger partial charge < -0.3 is 0 Å². The summed E-state index contributed by atoms with van der Waals surface area (Å²) in [6.07, 6.45) is -2.27. The van der Waals surface area contributed by atoms with Gasteiger partial charge in [-0.05, 0) is 65.2 Å². The molecule has 0 saturated heterocycles. The van der Waals surface area contributed by atoms with Crippen LogP contribution in [0.5, 0.6) is 0 Å². The first-order valence-corrected chi connectivity index (χ1v) is 8.83. The predicted molar refractivity (Wildman–Crippen MR) is 92.8 cm³/mol. The van der Waals surface area contributed by atoms with Gasteiger partial charge in [0.1, 0.15) is 5.82 Å². The minimum atomic E-state index is -4.39. The van der Waals surface area contributed by atoms with Crippen molar-refractivity contribution in [3.8, 4) is 5.69 Å². The van der Waals surface area contributed by atoms with Gasteiger partial charge in [0.25, 0.3) is 0 Å². The van der Waals surface area contributed by atoms with Gasteiger partial charge in [-0.3, -0.25) is 4.90 Å². The zero-order valence-electron chi connectivity index (χ0n) is 14.8. The van der Waals surface area contributed by atoms with Gasteiger partial charge in [0, 0.05) is 12.6 Å². The van der Waals surface area contributed by atoms with Gasteiger partial charge in [0.05, 0.1) is 17.8 Å². The SMILES string of the molecule is Fc1ccc(CN(Cc2nnnn2-c2ccc(C(F)(F)F)cc2)C2CC2)cc1. The molecule has 1 aliphatic rings. The largest absolute Gasteiger partial charge is 0.416 e. The molecule has 0 aliphatic heterocycles. The second kappa shape index (κ2) is 7.31. The van der Waals surface area contributed by atoms with Gasteiger partial charge in [-0.2, -0.15) is 17.9 Å². The Morgan fingerprint density at radius 1 is 0.964 bits per heavy atom. The standard InChI is InChI=1S/C19H17F4N5/c20-15-5-1-13(2-6-15)11-27(16-9-10-16)12-18-24-25-26-28(18)17-7-3-14(4-8-17)19(21,22)23/h1-8,16H,9-12H2. The molecular formula is C19H17F4N5. The lowest BCUT2D eigenvalue weighted by atomic mass is 10.2. The molecule has 1 aromatic heterocycles. The second-order valence-electron chi connectivity index (χ2n) is 6.81. The van der Waals surface area contributed by atoms with E-state index in [2.05, 4.69) is 20.4 Å². The van der Waals surface area contributed by atoms with E-state index < -0.39 is 11.7 Å². The van der Waals surface area contributed by atoms with Crippen LogP contribution in [-0.2, 0) is 19.3 Å². The Kier molecular flexibility index (Phi) is 4.84. The molecule has 9 heteroatoms. The average Bonchev–Trinajstić information content (AvgIpc) is 3.41. The van der Waals surface area contributed by atoms with E-state index in [-0.39, 0.29) is 5.82 Å². The highest BCUT2D eigenvalue weighted by Crippen LogP contribution is 2.31. The number of alkyl halides is 3. The van der Waals surface area contributed by atoms with Crippen LogP contribution in [-0.4, -0.2) is 31.1 Å². The van der Waals surface area contributed by atoms with Crippen LogP contribution in [0.3, 0.4) is 0 Å². The number of tetrazole rings is 1. The van der Waals surface area contributed by atoms with Gasteiger partial charge in [-0.25, -0.2) is 4.39 Å². The fourth-order valence-corrected chi connectivity index (χ4v) is 3.06.